The van der Waals surface area contributed by atoms with E-state index >= 15 is 0 Å². The molecule has 3 N–H and O–H groups in total. The Bertz CT molecular complexity index is 307. The molecule has 0 spiro atoms. The van der Waals surface area contributed by atoms with Gasteiger partial charge in [-0.2, -0.15) is 0 Å². The highest BCUT2D eigenvalue weighted by atomic mass is 16.3. The number of rotatable bonds is 5. The van der Waals surface area contributed by atoms with Gasteiger partial charge in [-0.1, -0.05) is 19.3 Å². The molecule has 0 amide bonds. The Morgan fingerprint density at radius 2 is 2.40 bits per heavy atom. The van der Waals surface area contributed by atoms with Crippen molar-refractivity contribution >= 4 is 0 Å². The van der Waals surface area contributed by atoms with Gasteiger partial charge in [-0.3, -0.25) is 0 Å². The molecule has 1 saturated carbocycles. The van der Waals surface area contributed by atoms with E-state index in [2.05, 4.69) is 9.55 Å². The highest BCUT2D eigenvalue weighted by Crippen LogP contribution is 2.30. The maximum atomic E-state index is 9.00. The molecule has 0 aromatic carbocycles. The van der Waals surface area contributed by atoms with E-state index in [-0.39, 0.29) is 12.6 Å². The number of hydrogen-bond acceptors (Lipinski definition) is 3. The first kappa shape index (κ1) is 10.6. The fourth-order valence-corrected chi connectivity index (χ4v) is 2.02. The minimum absolute atomic E-state index is 0.0187. The minimum Gasteiger partial charge on any atom is -0.394 e. The van der Waals surface area contributed by atoms with Crippen molar-refractivity contribution in [2.24, 2.45) is 11.7 Å². The molecule has 1 aromatic rings. The highest BCUT2D eigenvalue weighted by molar-refractivity contribution is 5.04. The van der Waals surface area contributed by atoms with Crippen molar-refractivity contribution in [1.82, 2.24) is 9.55 Å². The molecule has 2 rings (SSSR count). The van der Waals surface area contributed by atoms with Crippen LogP contribution in [0.4, 0.5) is 0 Å². The standard InChI is InChI=1S/C11H19N3O/c12-10(7-15)11-6-13-8-14(11)5-4-9-2-1-3-9/h6,8-10,15H,1-5,7,12H2. The normalized spacial score (nSPS) is 18.8. The molecule has 1 unspecified atom stereocenters. The molecule has 0 bridgehead atoms. The van der Waals surface area contributed by atoms with Crippen LogP contribution in [0.15, 0.2) is 12.5 Å². The lowest BCUT2D eigenvalue weighted by molar-refractivity contribution is 0.257. The van der Waals surface area contributed by atoms with Crippen LogP contribution in [0.2, 0.25) is 0 Å². The zero-order valence-electron chi connectivity index (χ0n) is 8.97. The predicted molar refractivity (Wildman–Crippen MR) is 58.2 cm³/mol. The Balaban J connectivity index is 1.91. The van der Waals surface area contributed by atoms with Gasteiger partial charge < -0.3 is 15.4 Å². The molecular formula is C11H19N3O. The summed E-state index contributed by atoms with van der Waals surface area (Å²) in [5.74, 6) is 0.894. The third-order valence-electron chi connectivity index (χ3n) is 3.32. The molecule has 0 aliphatic heterocycles. The summed E-state index contributed by atoms with van der Waals surface area (Å²) in [7, 11) is 0. The van der Waals surface area contributed by atoms with Crippen LogP contribution in [0.3, 0.4) is 0 Å². The first-order valence-electron chi connectivity index (χ1n) is 5.67. The van der Waals surface area contributed by atoms with E-state index in [9.17, 15) is 0 Å². The fraction of sp³-hybridized carbons (Fsp3) is 0.727. The second kappa shape index (κ2) is 4.77. The van der Waals surface area contributed by atoms with Crippen LogP contribution in [0.1, 0.15) is 37.4 Å². The largest absolute Gasteiger partial charge is 0.394 e. The van der Waals surface area contributed by atoms with E-state index < -0.39 is 0 Å². The molecule has 1 heterocycles. The zero-order chi connectivity index (χ0) is 10.7. The van der Waals surface area contributed by atoms with Crippen LogP contribution in [0, 0.1) is 5.92 Å². The van der Waals surface area contributed by atoms with Gasteiger partial charge >= 0.3 is 0 Å². The van der Waals surface area contributed by atoms with Crippen molar-refractivity contribution in [1.29, 1.82) is 0 Å². The van der Waals surface area contributed by atoms with Gasteiger partial charge in [-0.25, -0.2) is 4.98 Å². The Morgan fingerprint density at radius 1 is 1.60 bits per heavy atom. The van der Waals surface area contributed by atoms with Crippen LogP contribution in [0.25, 0.3) is 0 Å². The van der Waals surface area contributed by atoms with Crippen molar-refractivity contribution in [3.05, 3.63) is 18.2 Å². The molecule has 4 heteroatoms. The quantitative estimate of drug-likeness (QED) is 0.762. The first-order chi connectivity index (χ1) is 7.31. The van der Waals surface area contributed by atoms with Crippen molar-refractivity contribution in [3.8, 4) is 0 Å². The monoisotopic (exact) mass is 209 g/mol. The second-order valence-electron chi connectivity index (χ2n) is 4.39. The van der Waals surface area contributed by atoms with Gasteiger partial charge in [0, 0.05) is 12.7 Å². The van der Waals surface area contributed by atoms with Gasteiger partial charge in [0.1, 0.15) is 0 Å². The van der Waals surface area contributed by atoms with E-state index in [1.54, 1.807) is 6.20 Å². The topological polar surface area (TPSA) is 64.1 Å². The van der Waals surface area contributed by atoms with Crippen molar-refractivity contribution in [3.63, 3.8) is 0 Å². The van der Waals surface area contributed by atoms with Gasteiger partial charge in [-0.05, 0) is 12.3 Å². The minimum atomic E-state index is -0.297. The molecule has 0 saturated heterocycles. The highest BCUT2D eigenvalue weighted by Gasteiger charge is 2.18. The van der Waals surface area contributed by atoms with E-state index in [0.717, 1.165) is 18.2 Å². The molecule has 15 heavy (non-hydrogen) atoms. The van der Waals surface area contributed by atoms with E-state index in [1.807, 2.05) is 6.33 Å². The number of imidazole rings is 1. The summed E-state index contributed by atoms with van der Waals surface area (Å²) in [6, 6.07) is -0.297. The summed E-state index contributed by atoms with van der Waals surface area (Å²) in [6.45, 7) is 0.961. The number of aromatic nitrogens is 2. The summed E-state index contributed by atoms with van der Waals surface area (Å²) >= 11 is 0. The summed E-state index contributed by atoms with van der Waals surface area (Å²) in [6.07, 6.45) is 8.90. The zero-order valence-corrected chi connectivity index (χ0v) is 8.97. The average Bonchev–Trinajstić information content (AvgIpc) is 2.62. The number of aryl methyl sites for hydroxylation is 1. The molecule has 1 atom stereocenters. The van der Waals surface area contributed by atoms with Gasteiger partial charge in [0.15, 0.2) is 0 Å². The van der Waals surface area contributed by atoms with Crippen LogP contribution >= 0.6 is 0 Å². The van der Waals surface area contributed by atoms with Gasteiger partial charge in [-0.15, -0.1) is 0 Å². The lowest BCUT2D eigenvalue weighted by Gasteiger charge is -2.25. The molecule has 4 nitrogen and oxygen atoms in total. The van der Waals surface area contributed by atoms with Crippen LogP contribution < -0.4 is 5.73 Å². The number of aliphatic hydroxyl groups excluding tert-OH is 1. The van der Waals surface area contributed by atoms with Crippen LogP contribution in [0.5, 0.6) is 0 Å². The van der Waals surface area contributed by atoms with Crippen molar-refractivity contribution < 1.29 is 5.11 Å². The first-order valence-corrected chi connectivity index (χ1v) is 5.67. The summed E-state index contributed by atoms with van der Waals surface area (Å²) in [4.78, 5) is 4.08. The summed E-state index contributed by atoms with van der Waals surface area (Å²) < 4.78 is 2.07. The number of aliphatic hydroxyl groups is 1. The second-order valence-corrected chi connectivity index (χ2v) is 4.39. The van der Waals surface area contributed by atoms with E-state index in [1.165, 1.54) is 25.7 Å². The SMILES string of the molecule is NC(CO)c1cncn1CCC1CCC1. The number of nitrogens with zero attached hydrogens (tertiary/aromatic N) is 2. The number of nitrogens with two attached hydrogens (primary N) is 1. The van der Waals surface area contributed by atoms with Gasteiger partial charge in [0.2, 0.25) is 0 Å². The molecule has 1 aliphatic carbocycles. The van der Waals surface area contributed by atoms with Crippen LogP contribution in [-0.4, -0.2) is 21.3 Å². The summed E-state index contributed by atoms with van der Waals surface area (Å²) in [5.41, 5.74) is 6.72. The smallest absolute Gasteiger partial charge is 0.0948 e. The lowest BCUT2D eigenvalue weighted by Crippen LogP contribution is -2.20. The van der Waals surface area contributed by atoms with Gasteiger partial charge in [0.25, 0.3) is 0 Å². The summed E-state index contributed by atoms with van der Waals surface area (Å²) in [5, 5.41) is 9.00. The molecule has 1 aliphatic rings. The van der Waals surface area contributed by atoms with Crippen molar-refractivity contribution in [2.75, 3.05) is 6.61 Å². The Kier molecular flexibility index (Phi) is 3.38. The number of hydrogen-bond donors (Lipinski definition) is 2. The van der Waals surface area contributed by atoms with E-state index in [0.29, 0.717) is 0 Å². The molecular weight excluding hydrogens is 190 g/mol. The third-order valence-corrected chi connectivity index (χ3v) is 3.32. The molecule has 1 aromatic heterocycles. The van der Waals surface area contributed by atoms with E-state index in [4.69, 9.17) is 10.8 Å². The molecule has 1 fully saturated rings. The molecule has 0 radical (unpaired) electrons. The molecule has 84 valence electrons. The fourth-order valence-electron chi connectivity index (χ4n) is 2.02. The van der Waals surface area contributed by atoms with Crippen molar-refractivity contribution in [2.45, 2.75) is 38.3 Å². The maximum absolute atomic E-state index is 9.00. The van der Waals surface area contributed by atoms with Gasteiger partial charge in [0.05, 0.1) is 24.7 Å². The maximum Gasteiger partial charge on any atom is 0.0948 e. The predicted octanol–water partition coefficient (Wildman–Crippen LogP) is 1.07. The average molecular weight is 209 g/mol. The third kappa shape index (κ3) is 2.38. The Labute approximate surface area is 90.1 Å². The Morgan fingerprint density at radius 3 is 3.00 bits per heavy atom. The Hall–Kier alpha value is -0.870. The van der Waals surface area contributed by atoms with Crippen LogP contribution in [-0.2, 0) is 6.54 Å². The lowest BCUT2D eigenvalue weighted by atomic mass is 9.83.